The van der Waals surface area contributed by atoms with Gasteiger partial charge in [-0.2, -0.15) is 0 Å². The number of amides is 1. The number of hydrogen-bond acceptors (Lipinski definition) is 7. The first kappa shape index (κ1) is 23.6. The molecule has 1 saturated heterocycles. The highest BCUT2D eigenvalue weighted by molar-refractivity contribution is 7.90. The van der Waals surface area contributed by atoms with Crippen LogP contribution in [0.15, 0.2) is 29.2 Å². The number of hydrogen-bond donors (Lipinski definition) is 3. The normalized spacial score (nSPS) is 21.6. The lowest BCUT2D eigenvalue weighted by atomic mass is 10.0. The van der Waals surface area contributed by atoms with Crippen LogP contribution in [0.5, 0.6) is 0 Å². The van der Waals surface area contributed by atoms with Crippen molar-refractivity contribution in [1.29, 1.82) is 0 Å². The molecule has 186 valence electrons. The molecular weight excluding hydrogens is 480 g/mol. The van der Waals surface area contributed by atoms with E-state index < -0.39 is 34.0 Å². The van der Waals surface area contributed by atoms with Crippen molar-refractivity contribution in [1.82, 2.24) is 15.0 Å². The standard InChI is InChI=1S/C23H25F2N5O4S/c1-12-26-20-16(10-19(29-21(20)27-12)30-22(31)14-11-23(14,24)25)28-15-7-6-13(9-18(15)35(2,32)33)17-5-3-4-8-34-17/h6-7,9-10,14,17H,3-5,8,11H2,1-2H3,(H3,26,27,28,29,30,31)/t14-,17-/m0/s1. The summed E-state index contributed by atoms with van der Waals surface area (Å²) < 4.78 is 57.8. The molecule has 9 nitrogen and oxygen atoms in total. The summed E-state index contributed by atoms with van der Waals surface area (Å²) >= 11 is 0. The third-order valence-corrected chi connectivity index (χ3v) is 7.33. The van der Waals surface area contributed by atoms with Crippen molar-refractivity contribution in [3.8, 4) is 0 Å². The van der Waals surface area contributed by atoms with Gasteiger partial charge >= 0.3 is 0 Å². The minimum absolute atomic E-state index is 0.0458. The number of rotatable bonds is 6. The summed E-state index contributed by atoms with van der Waals surface area (Å²) in [7, 11) is -3.62. The van der Waals surface area contributed by atoms with E-state index in [1.165, 1.54) is 6.07 Å². The zero-order chi connectivity index (χ0) is 25.0. The molecule has 1 saturated carbocycles. The van der Waals surface area contributed by atoms with Crippen LogP contribution in [0.3, 0.4) is 0 Å². The van der Waals surface area contributed by atoms with E-state index in [1.807, 2.05) is 6.07 Å². The molecule has 1 amide bonds. The Morgan fingerprint density at radius 1 is 1.20 bits per heavy atom. The molecule has 1 aliphatic carbocycles. The molecule has 3 N–H and O–H groups in total. The molecule has 2 atom stereocenters. The summed E-state index contributed by atoms with van der Waals surface area (Å²) in [6.45, 7) is 2.35. The Bertz CT molecular complexity index is 1420. The number of aromatic nitrogens is 3. The number of H-pyrrole nitrogens is 1. The van der Waals surface area contributed by atoms with E-state index in [9.17, 15) is 22.0 Å². The summed E-state index contributed by atoms with van der Waals surface area (Å²) in [6.07, 6.45) is 3.27. The number of benzene rings is 1. The molecule has 0 radical (unpaired) electrons. The molecule has 1 aromatic carbocycles. The fourth-order valence-electron chi connectivity index (χ4n) is 4.27. The zero-order valence-electron chi connectivity index (χ0n) is 19.2. The van der Waals surface area contributed by atoms with Crippen LogP contribution in [0.1, 0.15) is 43.2 Å². The molecular formula is C23H25F2N5O4S. The number of aromatic amines is 1. The van der Waals surface area contributed by atoms with Gasteiger partial charge in [0.2, 0.25) is 5.91 Å². The summed E-state index contributed by atoms with van der Waals surface area (Å²) in [6, 6.07) is 6.54. The van der Waals surface area contributed by atoms with Gasteiger partial charge in [-0.1, -0.05) is 6.07 Å². The van der Waals surface area contributed by atoms with E-state index in [0.29, 0.717) is 35.0 Å². The molecule has 2 aliphatic rings. The third-order valence-electron chi connectivity index (χ3n) is 6.19. The zero-order valence-corrected chi connectivity index (χ0v) is 20.0. The second-order valence-corrected chi connectivity index (χ2v) is 11.1. The summed E-state index contributed by atoms with van der Waals surface area (Å²) in [5.41, 5.74) is 2.19. The Morgan fingerprint density at radius 2 is 1.97 bits per heavy atom. The number of alkyl halides is 2. The molecule has 1 aliphatic heterocycles. The van der Waals surface area contributed by atoms with Gasteiger partial charge in [0.25, 0.3) is 5.92 Å². The topological polar surface area (TPSA) is 126 Å². The number of carbonyl (C=O) groups is 1. The third kappa shape index (κ3) is 4.85. The van der Waals surface area contributed by atoms with Gasteiger partial charge in [-0.15, -0.1) is 0 Å². The van der Waals surface area contributed by atoms with Crippen LogP contribution in [0.25, 0.3) is 11.2 Å². The van der Waals surface area contributed by atoms with E-state index in [2.05, 4.69) is 25.6 Å². The van der Waals surface area contributed by atoms with Crippen LogP contribution in [-0.4, -0.2) is 48.1 Å². The maximum atomic E-state index is 13.3. The largest absolute Gasteiger partial charge is 0.374 e. The van der Waals surface area contributed by atoms with Crippen LogP contribution in [-0.2, 0) is 19.4 Å². The highest BCUT2D eigenvalue weighted by Gasteiger charge is 2.61. The van der Waals surface area contributed by atoms with Gasteiger partial charge in [-0.25, -0.2) is 27.2 Å². The van der Waals surface area contributed by atoms with Crippen molar-refractivity contribution in [2.75, 3.05) is 23.5 Å². The van der Waals surface area contributed by atoms with Crippen molar-refractivity contribution in [3.63, 3.8) is 0 Å². The highest BCUT2D eigenvalue weighted by atomic mass is 32.2. The first-order chi connectivity index (χ1) is 16.5. The molecule has 3 heterocycles. The molecule has 5 rings (SSSR count). The van der Waals surface area contributed by atoms with Gasteiger partial charge in [0, 0.05) is 25.3 Å². The predicted octanol–water partition coefficient (Wildman–Crippen LogP) is 4.25. The average Bonchev–Trinajstić information content (AvgIpc) is 3.27. The number of anilines is 3. The van der Waals surface area contributed by atoms with Crippen molar-refractivity contribution < 1.29 is 26.7 Å². The summed E-state index contributed by atoms with van der Waals surface area (Å²) in [5, 5.41) is 5.53. The number of aryl methyl sites for hydroxylation is 1. The Hall–Kier alpha value is -3.12. The number of carbonyl (C=O) groups excluding carboxylic acids is 1. The number of sulfone groups is 1. The number of ether oxygens (including phenoxy) is 1. The van der Waals surface area contributed by atoms with Crippen LogP contribution < -0.4 is 10.6 Å². The van der Waals surface area contributed by atoms with Gasteiger partial charge in [-0.05, 0) is 43.9 Å². The number of nitrogens with zero attached hydrogens (tertiary/aromatic N) is 2. The molecule has 12 heteroatoms. The number of pyridine rings is 1. The number of nitrogens with one attached hydrogen (secondary N) is 3. The molecule has 35 heavy (non-hydrogen) atoms. The van der Waals surface area contributed by atoms with Crippen LogP contribution in [0, 0.1) is 12.8 Å². The van der Waals surface area contributed by atoms with Crippen molar-refractivity contribution in [2.24, 2.45) is 5.92 Å². The highest BCUT2D eigenvalue weighted by Crippen LogP contribution is 2.49. The maximum Gasteiger partial charge on any atom is 0.260 e. The lowest BCUT2D eigenvalue weighted by Gasteiger charge is -2.24. The molecule has 2 aromatic heterocycles. The van der Waals surface area contributed by atoms with Crippen molar-refractivity contribution in [3.05, 3.63) is 35.7 Å². The fraction of sp³-hybridized carbons (Fsp3) is 0.435. The lowest BCUT2D eigenvalue weighted by Crippen LogP contribution is -2.18. The first-order valence-electron chi connectivity index (χ1n) is 11.3. The van der Waals surface area contributed by atoms with E-state index in [-0.39, 0.29) is 16.8 Å². The minimum atomic E-state index is -3.62. The molecule has 0 bridgehead atoms. The van der Waals surface area contributed by atoms with E-state index in [4.69, 9.17) is 4.74 Å². The quantitative estimate of drug-likeness (QED) is 0.457. The number of fused-ring (bicyclic) bond motifs is 1. The number of halogens is 2. The monoisotopic (exact) mass is 505 g/mol. The van der Waals surface area contributed by atoms with Crippen LogP contribution >= 0.6 is 0 Å². The Labute approximate surface area is 200 Å². The molecule has 0 spiro atoms. The SMILES string of the molecule is Cc1nc2c(Nc3ccc([C@@H]4CCCCO4)cc3S(C)(=O)=O)cc(NC(=O)[C@@H]3CC3(F)F)nc2[nH]1. The first-order valence-corrected chi connectivity index (χ1v) is 13.2. The van der Waals surface area contributed by atoms with Crippen LogP contribution in [0.2, 0.25) is 0 Å². The molecule has 3 aromatic rings. The molecule has 2 fully saturated rings. The van der Waals surface area contributed by atoms with Gasteiger partial charge in [-0.3, -0.25) is 4.79 Å². The summed E-state index contributed by atoms with van der Waals surface area (Å²) in [5.74, 6) is -4.62. The van der Waals surface area contributed by atoms with Crippen molar-refractivity contribution >= 4 is 44.1 Å². The fourth-order valence-corrected chi connectivity index (χ4v) is 5.14. The van der Waals surface area contributed by atoms with Gasteiger partial charge in [0.05, 0.1) is 22.4 Å². The Kier molecular flexibility index (Phi) is 5.75. The maximum absolute atomic E-state index is 13.3. The smallest absolute Gasteiger partial charge is 0.260 e. The minimum Gasteiger partial charge on any atom is -0.374 e. The van der Waals surface area contributed by atoms with Crippen molar-refractivity contribution in [2.45, 2.75) is 49.5 Å². The Balaban J connectivity index is 1.51. The molecule has 0 unspecified atom stereocenters. The predicted molar refractivity (Wildman–Crippen MR) is 126 cm³/mol. The average molecular weight is 506 g/mol. The Morgan fingerprint density at radius 3 is 2.63 bits per heavy atom. The van der Waals surface area contributed by atoms with Crippen LogP contribution in [0.4, 0.5) is 26.0 Å². The number of imidazole rings is 1. The van der Waals surface area contributed by atoms with Gasteiger partial charge < -0.3 is 20.4 Å². The summed E-state index contributed by atoms with van der Waals surface area (Å²) in [4.78, 5) is 23.9. The van der Waals surface area contributed by atoms with E-state index in [0.717, 1.165) is 31.1 Å². The van der Waals surface area contributed by atoms with E-state index >= 15 is 0 Å². The second kappa shape index (κ2) is 8.52. The van der Waals surface area contributed by atoms with E-state index in [1.54, 1.807) is 19.1 Å². The van der Waals surface area contributed by atoms with Gasteiger partial charge in [0.15, 0.2) is 15.5 Å². The van der Waals surface area contributed by atoms with Gasteiger partial charge in [0.1, 0.15) is 23.1 Å². The second-order valence-electron chi connectivity index (χ2n) is 9.09. The lowest BCUT2D eigenvalue weighted by molar-refractivity contribution is -0.119.